The fraction of sp³-hybridized carbons (Fsp3) is 0.278. The van der Waals surface area contributed by atoms with E-state index in [0.29, 0.717) is 25.0 Å². The Morgan fingerprint density at radius 2 is 1.88 bits per heavy atom. The van der Waals surface area contributed by atoms with Gasteiger partial charge in [-0.3, -0.25) is 14.9 Å². The summed E-state index contributed by atoms with van der Waals surface area (Å²) in [6, 6.07) is 14.1. The molecule has 5 nitrogen and oxygen atoms in total. The molecule has 0 bridgehead atoms. The minimum atomic E-state index is -0.667. The van der Waals surface area contributed by atoms with Crippen LogP contribution in [0.15, 0.2) is 48.5 Å². The summed E-state index contributed by atoms with van der Waals surface area (Å²) in [5.41, 5.74) is 2.44. The Labute approximate surface area is 145 Å². The molecule has 2 rings (SSSR count). The highest BCUT2D eigenvalue weighted by atomic mass is 35.5. The van der Waals surface area contributed by atoms with E-state index in [1.165, 1.54) is 6.07 Å². The second-order valence-corrected chi connectivity index (χ2v) is 5.76. The Balaban J connectivity index is 2.06. The molecule has 24 heavy (non-hydrogen) atoms. The highest BCUT2D eigenvalue weighted by Crippen LogP contribution is 2.29. The molecule has 0 heterocycles. The molecule has 6 heteroatoms. The van der Waals surface area contributed by atoms with Gasteiger partial charge < -0.3 is 4.74 Å². The molecule has 0 saturated carbocycles. The van der Waals surface area contributed by atoms with Gasteiger partial charge in [-0.05, 0) is 37.0 Å². The summed E-state index contributed by atoms with van der Waals surface area (Å²) in [5, 5.41) is 10.4. The summed E-state index contributed by atoms with van der Waals surface area (Å²) in [6.07, 6.45) is 1.11. The molecule has 0 amide bonds. The Morgan fingerprint density at radius 1 is 1.21 bits per heavy atom. The number of nitro benzene ring substituents is 1. The minimum Gasteiger partial charge on any atom is -0.465 e. The molecule has 2 aromatic carbocycles. The largest absolute Gasteiger partial charge is 0.465 e. The third-order valence-electron chi connectivity index (χ3n) is 3.59. The van der Waals surface area contributed by atoms with E-state index in [-0.39, 0.29) is 10.6 Å². The normalized spacial score (nSPS) is 11.8. The summed E-state index contributed by atoms with van der Waals surface area (Å²) >= 11 is 5.99. The maximum atomic E-state index is 11.5. The number of carbonyl (C=O) groups excluding carboxylic acids is 1. The quantitative estimate of drug-likeness (QED) is 0.323. The van der Waals surface area contributed by atoms with E-state index >= 15 is 0 Å². The van der Waals surface area contributed by atoms with Crippen LogP contribution >= 0.6 is 11.6 Å². The van der Waals surface area contributed by atoms with Crippen molar-refractivity contribution in [1.29, 1.82) is 0 Å². The van der Waals surface area contributed by atoms with Crippen molar-refractivity contribution >= 4 is 23.3 Å². The first-order valence-corrected chi connectivity index (χ1v) is 8.10. The van der Waals surface area contributed by atoms with Crippen molar-refractivity contribution in [2.75, 3.05) is 6.61 Å². The Morgan fingerprint density at radius 3 is 2.50 bits per heavy atom. The number of para-hydroxylation sites is 1. The lowest BCUT2D eigenvalue weighted by Gasteiger charge is -2.09. The van der Waals surface area contributed by atoms with Crippen molar-refractivity contribution in [2.24, 2.45) is 0 Å². The number of hydrogen-bond donors (Lipinski definition) is 0. The molecule has 0 radical (unpaired) electrons. The standard InChI is InChI=1S/C18H18ClNO4/c1-2-24-18(21)16(19)12-9-13-7-10-14(11-8-13)15-5-3-4-6-17(15)20(22)23/h3-8,10-11,16H,2,9,12H2,1H3. The lowest BCUT2D eigenvalue weighted by atomic mass is 10.0. The molecule has 0 saturated heterocycles. The molecule has 0 aliphatic rings. The summed E-state index contributed by atoms with van der Waals surface area (Å²) in [4.78, 5) is 22.2. The van der Waals surface area contributed by atoms with Gasteiger partial charge in [0.1, 0.15) is 5.38 Å². The number of nitro groups is 1. The Bertz CT molecular complexity index is 715. The van der Waals surface area contributed by atoms with E-state index in [1.54, 1.807) is 25.1 Å². The maximum absolute atomic E-state index is 11.5. The zero-order valence-corrected chi connectivity index (χ0v) is 14.0. The third kappa shape index (κ3) is 4.55. The van der Waals surface area contributed by atoms with Crippen molar-refractivity contribution in [3.63, 3.8) is 0 Å². The molecule has 0 spiro atoms. The van der Waals surface area contributed by atoms with Crippen LogP contribution in [0.2, 0.25) is 0 Å². The second kappa shape index (κ2) is 8.45. The van der Waals surface area contributed by atoms with Crippen molar-refractivity contribution in [2.45, 2.75) is 25.1 Å². The number of rotatable bonds is 7. The van der Waals surface area contributed by atoms with Crippen LogP contribution in [0.5, 0.6) is 0 Å². The molecular weight excluding hydrogens is 330 g/mol. The van der Waals surface area contributed by atoms with Gasteiger partial charge in [-0.2, -0.15) is 0 Å². The van der Waals surface area contributed by atoms with Crippen molar-refractivity contribution in [3.05, 3.63) is 64.2 Å². The van der Waals surface area contributed by atoms with E-state index < -0.39 is 11.3 Å². The van der Waals surface area contributed by atoms with Gasteiger partial charge >= 0.3 is 5.97 Å². The molecule has 0 fully saturated rings. The number of alkyl halides is 1. The average Bonchev–Trinajstić information content (AvgIpc) is 2.60. The van der Waals surface area contributed by atoms with Crippen molar-refractivity contribution < 1.29 is 14.5 Å². The number of halogens is 1. The van der Waals surface area contributed by atoms with E-state index in [9.17, 15) is 14.9 Å². The van der Waals surface area contributed by atoms with Crippen LogP contribution in [-0.2, 0) is 16.0 Å². The lowest BCUT2D eigenvalue weighted by Crippen LogP contribution is -2.18. The van der Waals surface area contributed by atoms with Crippen LogP contribution in [-0.4, -0.2) is 22.9 Å². The average molecular weight is 348 g/mol. The molecule has 1 unspecified atom stereocenters. The van der Waals surface area contributed by atoms with Crippen LogP contribution in [0.25, 0.3) is 11.1 Å². The SMILES string of the molecule is CCOC(=O)C(Cl)CCc1ccc(-c2ccccc2[N+](=O)[O-])cc1. The molecule has 0 aliphatic carbocycles. The first kappa shape index (κ1) is 17.9. The molecule has 0 aromatic heterocycles. The number of ether oxygens (including phenoxy) is 1. The third-order valence-corrected chi connectivity index (χ3v) is 3.99. The number of carbonyl (C=O) groups is 1. The zero-order valence-electron chi connectivity index (χ0n) is 13.3. The van der Waals surface area contributed by atoms with Crippen LogP contribution in [0, 0.1) is 10.1 Å². The highest BCUT2D eigenvalue weighted by Gasteiger charge is 2.17. The molecule has 126 valence electrons. The van der Waals surface area contributed by atoms with Gasteiger partial charge in [-0.15, -0.1) is 11.6 Å². The molecule has 1 atom stereocenters. The Hall–Kier alpha value is -2.40. The van der Waals surface area contributed by atoms with Gasteiger partial charge in [0, 0.05) is 6.07 Å². The number of hydrogen-bond acceptors (Lipinski definition) is 4. The fourth-order valence-electron chi connectivity index (χ4n) is 2.37. The predicted octanol–water partition coefficient (Wildman–Crippen LogP) is 4.36. The number of nitrogens with zero attached hydrogens (tertiary/aromatic N) is 1. The van der Waals surface area contributed by atoms with Gasteiger partial charge in [-0.25, -0.2) is 0 Å². The smallest absolute Gasteiger partial charge is 0.324 e. The van der Waals surface area contributed by atoms with Gasteiger partial charge in [0.2, 0.25) is 0 Å². The summed E-state index contributed by atoms with van der Waals surface area (Å²) in [7, 11) is 0. The van der Waals surface area contributed by atoms with Crippen LogP contribution in [0.3, 0.4) is 0 Å². The number of benzene rings is 2. The Kier molecular flexibility index (Phi) is 6.32. The summed E-state index contributed by atoms with van der Waals surface area (Å²) < 4.78 is 4.87. The molecule has 0 N–H and O–H groups in total. The maximum Gasteiger partial charge on any atom is 0.324 e. The number of aryl methyl sites for hydroxylation is 1. The highest BCUT2D eigenvalue weighted by molar-refractivity contribution is 6.29. The summed E-state index contributed by atoms with van der Waals surface area (Å²) in [6.45, 7) is 2.05. The monoisotopic (exact) mass is 347 g/mol. The minimum absolute atomic E-state index is 0.0772. The zero-order chi connectivity index (χ0) is 17.5. The predicted molar refractivity (Wildman–Crippen MR) is 93.1 cm³/mol. The van der Waals surface area contributed by atoms with E-state index in [0.717, 1.165) is 11.1 Å². The first-order valence-electron chi connectivity index (χ1n) is 7.66. The second-order valence-electron chi connectivity index (χ2n) is 5.23. The van der Waals surface area contributed by atoms with Crippen LogP contribution in [0.1, 0.15) is 18.9 Å². The van der Waals surface area contributed by atoms with E-state index in [1.807, 2.05) is 24.3 Å². The molecular formula is C18H18ClNO4. The van der Waals surface area contributed by atoms with Crippen molar-refractivity contribution in [1.82, 2.24) is 0 Å². The van der Waals surface area contributed by atoms with Crippen LogP contribution < -0.4 is 0 Å². The fourth-order valence-corrected chi connectivity index (χ4v) is 2.54. The van der Waals surface area contributed by atoms with Gasteiger partial charge in [-0.1, -0.05) is 36.4 Å². The molecule has 2 aromatic rings. The number of esters is 1. The topological polar surface area (TPSA) is 69.4 Å². The van der Waals surface area contributed by atoms with E-state index in [4.69, 9.17) is 16.3 Å². The summed E-state index contributed by atoms with van der Waals surface area (Å²) in [5.74, 6) is -0.407. The van der Waals surface area contributed by atoms with Crippen molar-refractivity contribution in [3.8, 4) is 11.1 Å². The van der Waals surface area contributed by atoms with E-state index in [2.05, 4.69) is 0 Å². The van der Waals surface area contributed by atoms with Gasteiger partial charge in [0.25, 0.3) is 5.69 Å². The van der Waals surface area contributed by atoms with Crippen LogP contribution in [0.4, 0.5) is 5.69 Å². The van der Waals surface area contributed by atoms with Gasteiger partial charge in [0.05, 0.1) is 17.1 Å². The molecule has 0 aliphatic heterocycles. The lowest BCUT2D eigenvalue weighted by molar-refractivity contribution is -0.384. The van der Waals surface area contributed by atoms with Gasteiger partial charge in [0.15, 0.2) is 0 Å². The first-order chi connectivity index (χ1) is 11.5.